The Morgan fingerprint density at radius 2 is 1.88 bits per heavy atom. The van der Waals surface area contributed by atoms with E-state index in [1.54, 1.807) is 18.2 Å². The predicted molar refractivity (Wildman–Crippen MR) is 137 cm³/mol. The van der Waals surface area contributed by atoms with E-state index in [1.807, 2.05) is 43.3 Å². The summed E-state index contributed by atoms with van der Waals surface area (Å²) in [6.45, 7) is 4.55. The molecule has 0 spiro atoms. The Hall–Kier alpha value is -3.23. The fourth-order valence-corrected chi connectivity index (χ4v) is 4.77. The van der Waals surface area contributed by atoms with Gasteiger partial charge in [-0.05, 0) is 54.9 Å². The van der Waals surface area contributed by atoms with E-state index in [2.05, 4.69) is 17.6 Å². The van der Waals surface area contributed by atoms with E-state index in [9.17, 15) is 9.59 Å². The lowest BCUT2D eigenvalue weighted by molar-refractivity contribution is 0.0975. The number of ether oxygens (including phenoxy) is 1. The van der Waals surface area contributed by atoms with Crippen LogP contribution >= 0.6 is 23.6 Å². The molecule has 0 saturated carbocycles. The number of thiocarbonyl (C=S) groups is 1. The minimum atomic E-state index is -0.545. The molecule has 0 aliphatic rings. The highest BCUT2D eigenvalue weighted by atomic mass is 32.1. The van der Waals surface area contributed by atoms with Gasteiger partial charge < -0.3 is 15.8 Å². The number of hydrogen-bond acceptors (Lipinski definition) is 5. The molecule has 1 heterocycles. The summed E-state index contributed by atoms with van der Waals surface area (Å²) in [5, 5.41) is 6.26. The molecular weight excluding hydrogens is 454 g/mol. The molecule has 0 radical (unpaired) electrons. The van der Waals surface area contributed by atoms with Gasteiger partial charge in [-0.1, -0.05) is 49.7 Å². The monoisotopic (exact) mass is 481 g/mol. The molecular formula is C25H27N3O3S2. The molecule has 0 fully saturated rings. The summed E-state index contributed by atoms with van der Waals surface area (Å²) in [5.41, 5.74) is 8.39. The Labute approximate surface area is 203 Å². The summed E-state index contributed by atoms with van der Waals surface area (Å²) < 4.78 is 5.67. The Bertz CT molecular complexity index is 1140. The number of nitrogens with one attached hydrogen (secondary N) is 2. The van der Waals surface area contributed by atoms with Crippen LogP contribution in [0.25, 0.3) is 0 Å². The zero-order valence-corrected chi connectivity index (χ0v) is 20.3. The van der Waals surface area contributed by atoms with Crippen molar-refractivity contribution in [2.45, 2.75) is 33.1 Å². The zero-order chi connectivity index (χ0) is 23.8. The topological polar surface area (TPSA) is 93.4 Å². The lowest BCUT2D eigenvalue weighted by Gasteiger charge is -2.10. The van der Waals surface area contributed by atoms with Crippen LogP contribution < -0.4 is 21.1 Å². The number of carbonyl (C=O) groups is 2. The fraction of sp³-hybridized carbons (Fsp3) is 0.240. The summed E-state index contributed by atoms with van der Waals surface area (Å²) in [6.07, 6.45) is 2.64. The number of anilines is 1. The molecule has 2 aromatic carbocycles. The van der Waals surface area contributed by atoms with Crippen molar-refractivity contribution < 1.29 is 14.3 Å². The lowest BCUT2D eigenvalue weighted by Crippen LogP contribution is -2.34. The Kier molecular flexibility index (Phi) is 8.57. The van der Waals surface area contributed by atoms with Crippen molar-refractivity contribution in [1.82, 2.24) is 5.32 Å². The average molecular weight is 482 g/mol. The second-order valence-electron chi connectivity index (χ2n) is 7.52. The summed E-state index contributed by atoms with van der Waals surface area (Å²) in [5.74, 6) is -0.283. The van der Waals surface area contributed by atoms with Gasteiger partial charge in [-0.3, -0.25) is 14.9 Å². The maximum atomic E-state index is 12.7. The van der Waals surface area contributed by atoms with Gasteiger partial charge in [0.1, 0.15) is 10.8 Å². The van der Waals surface area contributed by atoms with Crippen molar-refractivity contribution in [1.29, 1.82) is 0 Å². The first-order valence-corrected chi connectivity index (χ1v) is 11.9. The maximum absolute atomic E-state index is 12.7. The number of thiophene rings is 1. The van der Waals surface area contributed by atoms with E-state index in [0.717, 1.165) is 28.8 Å². The van der Waals surface area contributed by atoms with Gasteiger partial charge in [0.25, 0.3) is 11.8 Å². The summed E-state index contributed by atoms with van der Waals surface area (Å²) >= 11 is 6.74. The van der Waals surface area contributed by atoms with E-state index < -0.39 is 5.91 Å². The molecule has 8 heteroatoms. The quantitative estimate of drug-likeness (QED) is 0.294. The van der Waals surface area contributed by atoms with Crippen LogP contribution in [-0.2, 0) is 6.42 Å². The summed E-state index contributed by atoms with van der Waals surface area (Å²) in [4.78, 5) is 25.8. The SMILES string of the molecule is CCCCOc1cccc(C(=O)NC(=S)Nc2sc(Cc3ccccc3)c(C)c2C(N)=O)c1. The van der Waals surface area contributed by atoms with Gasteiger partial charge in [0.2, 0.25) is 0 Å². The fourth-order valence-electron chi connectivity index (χ4n) is 3.27. The third-order valence-electron chi connectivity index (χ3n) is 5.02. The predicted octanol–water partition coefficient (Wildman–Crippen LogP) is 5.05. The smallest absolute Gasteiger partial charge is 0.257 e. The Morgan fingerprint density at radius 1 is 1.12 bits per heavy atom. The van der Waals surface area contributed by atoms with Crippen LogP contribution in [0, 0.1) is 6.92 Å². The second-order valence-corrected chi connectivity index (χ2v) is 9.03. The van der Waals surface area contributed by atoms with E-state index >= 15 is 0 Å². The van der Waals surface area contributed by atoms with Gasteiger partial charge in [-0.2, -0.15) is 0 Å². The van der Waals surface area contributed by atoms with E-state index in [-0.39, 0.29) is 11.0 Å². The number of amides is 2. The van der Waals surface area contributed by atoms with Crippen LogP contribution in [0.1, 0.15) is 56.5 Å². The molecule has 3 aromatic rings. The van der Waals surface area contributed by atoms with E-state index in [0.29, 0.717) is 34.9 Å². The molecule has 0 unspecified atom stereocenters. The van der Waals surface area contributed by atoms with E-state index in [4.69, 9.17) is 22.7 Å². The van der Waals surface area contributed by atoms with Gasteiger partial charge in [0.15, 0.2) is 5.11 Å². The standard InChI is InChI=1S/C25H27N3O3S2/c1-3-4-13-31-19-12-8-11-18(15-19)23(30)27-25(32)28-24-21(22(26)29)16(2)20(33-24)14-17-9-6-5-7-10-17/h5-12,15H,3-4,13-14H2,1-2H3,(H2,26,29)(H2,27,28,30,32). The van der Waals surface area contributed by atoms with E-state index in [1.165, 1.54) is 11.3 Å². The molecule has 172 valence electrons. The van der Waals surface area contributed by atoms with Crippen LogP contribution in [-0.4, -0.2) is 23.5 Å². The third kappa shape index (κ3) is 6.63. The van der Waals surface area contributed by atoms with Crippen LogP contribution in [0.5, 0.6) is 5.75 Å². The van der Waals surface area contributed by atoms with Gasteiger partial charge in [-0.25, -0.2) is 0 Å². The van der Waals surface area contributed by atoms with Crippen molar-refractivity contribution in [2.75, 3.05) is 11.9 Å². The van der Waals surface area contributed by atoms with Gasteiger partial charge in [0, 0.05) is 16.9 Å². The minimum absolute atomic E-state index is 0.0901. The number of primary amides is 1. The van der Waals surface area contributed by atoms with Crippen molar-refractivity contribution in [3.63, 3.8) is 0 Å². The van der Waals surface area contributed by atoms with Crippen LogP contribution in [0.15, 0.2) is 54.6 Å². The minimum Gasteiger partial charge on any atom is -0.494 e. The Morgan fingerprint density at radius 3 is 2.58 bits per heavy atom. The highest BCUT2D eigenvalue weighted by Crippen LogP contribution is 2.34. The highest BCUT2D eigenvalue weighted by molar-refractivity contribution is 7.80. The van der Waals surface area contributed by atoms with Gasteiger partial charge >= 0.3 is 0 Å². The molecule has 6 nitrogen and oxygen atoms in total. The number of hydrogen-bond donors (Lipinski definition) is 3. The molecule has 0 saturated heterocycles. The average Bonchev–Trinajstić information content (AvgIpc) is 3.09. The number of rotatable bonds is 9. The number of nitrogens with two attached hydrogens (primary N) is 1. The Balaban J connectivity index is 1.71. The first-order valence-electron chi connectivity index (χ1n) is 10.7. The van der Waals surface area contributed by atoms with Gasteiger partial charge in [0.05, 0.1) is 12.2 Å². The highest BCUT2D eigenvalue weighted by Gasteiger charge is 2.21. The molecule has 1 aromatic heterocycles. The third-order valence-corrected chi connectivity index (χ3v) is 6.43. The largest absolute Gasteiger partial charge is 0.494 e. The molecule has 0 bridgehead atoms. The summed E-state index contributed by atoms with van der Waals surface area (Å²) in [6, 6.07) is 16.9. The van der Waals surface area contributed by atoms with Crippen LogP contribution in [0.3, 0.4) is 0 Å². The van der Waals surface area contributed by atoms with Crippen LogP contribution in [0.2, 0.25) is 0 Å². The van der Waals surface area contributed by atoms with Crippen molar-refractivity contribution in [3.8, 4) is 5.75 Å². The van der Waals surface area contributed by atoms with Crippen LogP contribution in [0.4, 0.5) is 5.00 Å². The lowest BCUT2D eigenvalue weighted by atomic mass is 10.1. The normalized spacial score (nSPS) is 10.5. The van der Waals surface area contributed by atoms with Crippen molar-refractivity contribution in [3.05, 3.63) is 81.7 Å². The molecule has 33 heavy (non-hydrogen) atoms. The number of carbonyl (C=O) groups excluding carboxylic acids is 2. The summed E-state index contributed by atoms with van der Waals surface area (Å²) in [7, 11) is 0. The number of benzene rings is 2. The molecule has 0 aliphatic heterocycles. The van der Waals surface area contributed by atoms with Gasteiger partial charge in [-0.15, -0.1) is 11.3 Å². The molecule has 0 atom stereocenters. The molecule has 3 rings (SSSR count). The molecule has 4 N–H and O–H groups in total. The second kappa shape index (κ2) is 11.6. The number of unbranched alkanes of at least 4 members (excludes halogenated alkanes) is 1. The van der Waals surface area contributed by atoms with Crippen molar-refractivity contribution >= 4 is 45.5 Å². The molecule has 2 amide bonds. The maximum Gasteiger partial charge on any atom is 0.257 e. The first kappa shape index (κ1) is 24.4. The molecule has 0 aliphatic carbocycles. The zero-order valence-electron chi connectivity index (χ0n) is 18.6. The van der Waals surface area contributed by atoms with Crippen molar-refractivity contribution in [2.24, 2.45) is 5.73 Å². The first-order chi connectivity index (χ1) is 15.9.